The Labute approximate surface area is 119 Å². The van der Waals surface area contributed by atoms with Crippen LogP contribution in [0.3, 0.4) is 0 Å². The second-order valence-corrected chi connectivity index (χ2v) is 6.98. The van der Waals surface area contributed by atoms with Gasteiger partial charge in [0, 0.05) is 12.5 Å². The van der Waals surface area contributed by atoms with E-state index < -0.39 is 0 Å². The molecule has 112 valence electrons. The van der Waals surface area contributed by atoms with Crippen LogP contribution in [0.4, 0.5) is 0 Å². The van der Waals surface area contributed by atoms with Crippen molar-refractivity contribution in [2.45, 2.75) is 57.9 Å². The molecule has 0 aliphatic heterocycles. The lowest BCUT2D eigenvalue weighted by Crippen LogP contribution is -2.60. The van der Waals surface area contributed by atoms with Gasteiger partial charge in [0.15, 0.2) is 0 Å². The van der Waals surface area contributed by atoms with Crippen molar-refractivity contribution in [2.75, 3.05) is 0 Å². The van der Waals surface area contributed by atoms with Crippen LogP contribution in [0.15, 0.2) is 0 Å². The SMILES string of the molecule is CCCC(=O)ONC(=O)C12CC3CC(C1)C(N)C(C3)C2. The summed E-state index contributed by atoms with van der Waals surface area (Å²) in [7, 11) is 0. The minimum absolute atomic E-state index is 0.103. The highest BCUT2D eigenvalue weighted by Gasteiger charge is 2.57. The Morgan fingerprint density at radius 2 is 1.90 bits per heavy atom. The Balaban J connectivity index is 1.64. The third-order valence-corrected chi connectivity index (χ3v) is 5.54. The molecule has 0 heterocycles. The van der Waals surface area contributed by atoms with E-state index in [9.17, 15) is 9.59 Å². The van der Waals surface area contributed by atoms with Crippen LogP contribution in [-0.2, 0) is 14.4 Å². The van der Waals surface area contributed by atoms with Gasteiger partial charge in [0.25, 0.3) is 5.91 Å². The lowest BCUT2D eigenvalue weighted by molar-refractivity contribution is -0.170. The molecule has 0 aromatic heterocycles. The van der Waals surface area contributed by atoms with Crippen molar-refractivity contribution in [3.8, 4) is 0 Å². The summed E-state index contributed by atoms with van der Waals surface area (Å²) in [6.45, 7) is 1.91. The number of nitrogens with two attached hydrogens (primary N) is 1. The summed E-state index contributed by atoms with van der Waals surface area (Å²) in [5.41, 5.74) is 8.35. The van der Waals surface area contributed by atoms with Crippen molar-refractivity contribution >= 4 is 11.9 Å². The first-order chi connectivity index (χ1) is 9.54. The molecule has 0 saturated heterocycles. The monoisotopic (exact) mass is 280 g/mol. The van der Waals surface area contributed by atoms with Gasteiger partial charge in [-0.1, -0.05) is 6.92 Å². The average molecular weight is 280 g/mol. The molecule has 4 aliphatic rings. The molecule has 4 aliphatic carbocycles. The zero-order valence-electron chi connectivity index (χ0n) is 12.1. The summed E-state index contributed by atoms with van der Waals surface area (Å²) < 4.78 is 0. The Morgan fingerprint density at radius 1 is 1.25 bits per heavy atom. The topological polar surface area (TPSA) is 81.4 Å². The minimum atomic E-state index is -0.359. The molecule has 5 nitrogen and oxygen atoms in total. The van der Waals surface area contributed by atoms with Gasteiger partial charge in [-0.25, -0.2) is 4.79 Å². The highest BCUT2D eigenvalue weighted by molar-refractivity contribution is 5.83. The fraction of sp³-hybridized carbons (Fsp3) is 0.867. The molecule has 0 aromatic carbocycles. The summed E-state index contributed by atoms with van der Waals surface area (Å²) in [4.78, 5) is 28.7. The van der Waals surface area contributed by atoms with Crippen LogP contribution in [0, 0.1) is 23.2 Å². The van der Waals surface area contributed by atoms with E-state index in [1.54, 1.807) is 0 Å². The second-order valence-electron chi connectivity index (χ2n) is 6.98. The predicted molar refractivity (Wildman–Crippen MR) is 73.1 cm³/mol. The van der Waals surface area contributed by atoms with Gasteiger partial charge in [-0.15, -0.1) is 0 Å². The molecule has 20 heavy (non-hydrogen) atoms. The molecule has 1 amide bonds. The maximum atomic E-state index is 12.5. The number of hydroxylamine groups is 1. The summed E-state index contributed by atoms with van der Waals surface area (Å²) in [5.74, 6) is 1.11. The first-order valence-corrected chi connectivity index (χ1v) is 7.80. The zero-order valence-corrected chi connectivity index (χ0v) is 12.1. The largest absolute Gasteiger partial charge is 0.341 e. The quantitative estimate of drug-likeness (QED) is 0.768. The van der Waals surface area contributed by atoms with Crippen LogP contribution in [0.2, 0.25) is 0 Å². The second kappa shape index (κ2) is 5.02. The fourth-order valence-corrected chi connectivity index (χ4v) is 4.81. The highest BCUT2D eigenvalue weighted by atomic mass is 16.7. The van der Waals surface area contributed by atoms with E-state index in [4.69, 9.17) is 10.6 Å². The minimum Gasteiger partial charge on any atom is -0.341 e. The molecule has 4 saturated carbocycles. The summed E-state index contributed by atoms with van der Waals surface area (Å²) in [6.07, 6.45) is 6.05. The van der Waals surface area contributed by atoms with Gasteiger partial charge in [0.2, 0.25) is 0 Å². The van der Waals surface area contributed by atoms with E-state index in [1.165, 1.54) is 12.8 Å². The first kappa shape index (κ1) is 13.9. The van der Waals surface area contributed by atoms with Crippen molar-refractivity contribution in [3.05, 3.63) is 0 Å². The predicted octanol–water partition coefficient (Wildman–Crippen LogP) is 1.51. The lowest BCUT2D eigenvalue weighted by atomic mass is 9.48. The van der Waals surface area contributed by atoms with Crippen LogP contribution in [0.25, 0.3) is 0 Å². The van der Waals surface area contributed by atoms with Gasteiger partial charge < -0.3 is 10.6 Å². The number of carbonyl (C=O) groups excluding carboxylic acids is 2. The van der Waals surface area contributed by atoms with Gasteiger partial charge in [0.1, 0.15) is 0 Å². The van der Waals surface area contributed by atoms with Crippen LogP contribution >= 0.6 is 0 Å². The normalized spacial score (nSPS) is 41.5. The number of nitrogens with one attached hydrogen (secondary N) is 1. The van der Waals surface area contributed by atoms with Crippen LogP contribution in [0.5, 0.6) is 0 Å². The lowest BCUT2D eigenvalue weighted by Gasteiger charge is -2.58. The van der Waals surface area contributed by atoms with E-state index in [-0.39, 0.29) is 23.3 Å². The molecule has 4 bridgehead atoms. The zero-order chi connectivity index (χ0) is 14.3. The van der Waals surface area contributed by atoms with Crippen molar-refractivity contribution in [2.24, 2.45) is 28.9 Å². The molecule has 4 fully saturated rings. The van der Waals surface area contributed by atoms with Gasteiger partial charge in [-0.05, 0) is 56.3 Å². The Hall–Kier alpha value is -1.10. The standard InChI is InChI=1S/C15H24N2O3/c1-2-3-12(18)20-17-14(19)15-6-9-4-10(7-15)13(16)11(5-9)8-15/h9-11,13H,2-8,16H2,1H3,(H,17,19). The average Bonchev–Trinajstić information content (AvgIpc) is 2.41. The molecule has 5 heteroatoms. The van der Waals surface area contributed by atoms with Crippen LogP contribution in [0.1, 0.15) is 51.9 Å². The summed E-state index contributed by atoms with van der Waals surface area (Å²) in [6, 6.07) is 0.259. The Kier molecular flexibility index (Phi) is 3.48. The summed E-state index contributed by atoms with van der Waals surface area (Å²) >= 11 is 0. The van der Waals surface area contributed by atoms with Crippen LogP contribution in [-0.4, -0.2) is 17.9 Å². The molecule has 4 rings (SSSR count). The van der Waals surface area contributed by atoms with E-state index in [1.807, 2.05) is 6.92 Å². The van der Waals surface area contributed by atoms with Crippen LogP contribution < -0.4 is 11.2 Å². The van der Waals surface area contributed by atoms with E-state index in [0.29, 0.717) is 24.2 Å². The number of amides is 1. The van der Waals surface area contributed by atoms with E-state index >= 15 is 0 Å². The molecule has 0 aromatic rings. The highest BCUT2D eigenvalue weighted by Crippen LogP contribution is 2.59. The molecular weight excluding hydrogens is 256 g/mol. The fourth-order valence-electron chi connectivity index (χ4n) is 4.81. The third kappa shape index (κ3) is 2.22. The molecule has 2 atom stereocenters. The van der Waals surface area contributed by atoms with E-state index in [2.05, 4.69) is 5.48 Å². The third-order valence-electron chi connectivity index (χ3n) is 5.54. The number of hydrogen-bond donors (Lipinski definition) is 2. The smallest absolute Gasteiger partial charge is 0.332 e. The van der Waals surface area contributed by atoms with Crippen molar-refractivity contribution < 1.29 is 14.4 Å². The van der Waals surface area contributed by atoms with Gasteiger partial charge in [-0.3, -0.25) is 4.79 Å². The number of rotatable bonds is 3. The summed E-state index contributed by atoms with van der Waals surface area (Å²) in [5, 5.41) is 0. The maximum absolute atomic E-state index is 12.5. The molecule has 2 unspecified atom stereocenters. The van der Waals surface area contributed by atoms with Crippen molar-refractivity contribution in [3.63, 3.8) is 0 Å². The maximum Gasteiger partial charge on any atom is 0.332 e. The number of carbonyl (C=O) groups is 2. The van der Waals surface area contributed by atoms with Gasteiger partial charge >= 0.3 is 5.97 Å². The van der Waals surface area contributed by atoms with Gasteiger partial charge in [0.05, 0.1) is 5.41 Å². The molecular formula is C15H24N2O3. The van der Waals surface area contributed by atoms with Gasteiger partial charge in [-0.2, -0.15) is 5.48 Å². The van der Waals surface area contributed by atoms with E-state index in [0.717, 1.165) is 25.7 Å². The first-order valence-electron chi connectivity index (χ1n) is 7.80. The molecule has 0 radical (unpaired) electrons. The molecule has 0 spiro atoms. The van der Waals surface area contributed by atoms with Crippen molar-refractivity contribution in [1.29, 1.82) is 0 Å². The van der Waals surface area contributed by atoms with Crippen molar-refractivity contribution in [1.82, 2.24) is 5.48 Å². The Bertz CT molecular complexity index is 407. The Morgan fingerprint density at radius 3 is 2.50 bits per heavy atom. The number of hydrogen-bond acceptors (Lipinski definition) is 4. The molecule has 3 N–H and O–H groups in total.